The lowest BCUT2D eigenvalue weighted by molar-refractivity contribution is -0.137. The molecule has 0 bridgehead atoms. The van der Waals surface area contributed by atoms with Crippen LogP contribution >= 0.6 is 27.7 Å². The predicted molar refractivity (Wildman–Crippen MR) is 109 cm³/mol. The fourth-order valence-corrected chi connectivity index (χ4v) is 4.28. The van der Waals surface area contributed by atoms with Gasteiger partial charge in [0.15, 0.2) is 11.0 Å². The van der Waals surface area contributed by atoms with Crippen molar-refractivity contribution in [3.8, 4) is 11.4 Å². The number of rotatable bonds is 6. The van der Waals surface area contributed by atoms with Crippen molar-refractivity contribution in [2.45, 2.75) is 29.8 Å². The van der Waals surface area contributed by atoms with Crippen molar-refractivity contribution in [1.29, 1.82) is 0 Å². The Balaban J connectivity index is 1.63. The van der Waals surface area contributed by atoms with Crippen LogP contribution in [0.2, 0.25) is 0 Å². The maximum Gasteiger partial charge on any atom is 0.319 e. The van der Waals surface area contributed by atoms with E-state index in [9.17, 15) is 4.79 Å². The van der Waals surface area contributed by atoms with Crippen LogP contribution in [-0.2, 0) is 22.5 Å². The van der Waals surface area contributed by atoms with E-state index in [4.69, 9.17) is 4.74 Å². The fourth-order valence-electron chi connectivity index (χ4n) is 2.99. The molecule has 2 aromatic carbocycles. The molecule has 1 fully saturated rings. The van der Waals surface area contributed by atoms with Gasteiger partial charge in [-0.15, -0.1) is 10.2 Å². The third kappa shape index (κ3) is 4.25. The highest BCUT2D eigenvalue weighted by molar-refractivity contribution is 9.10. The molecule has 1 aliphatic rings. The van der Waals surface area contributed by atoms with E-state index in [0.29, 0.717) is 13.0 Å². The van der Waals surface area contributed by atoms with Crippen LogP contribution in [0.5, 0.6) is 0 Å². The van der Waals surface area contributed by atoms with Crippen molar-refractivity contribution in [3.05, 3.63) is 64.6 Å². The number of halogens is 1. The van der Waals surface area contributed by atoms with Gasteiger partial charge < -0.3 is 9.30 Å². The molecule has 0 N–H and O–H groups in total. The summed E-state index contributed by atoms with van der Waals surface area (Å²) in [5, 5.41) is 9.35. The van der Waals surface area contributed by atoms with Crippen LogP contribution < -0.4 is 0 Å². The summed E-state index contributed by atoms with van der Waals surface area (Å²) in [6.45, 7) is 1.22. The Bertz CT molecular complexity index is 928. The standard InChI is InChI=1S/C20H18BrN3O2S/c21-16-8-6-15(7-9-16)18-22-23-20(27-17-11-13-26-19(17)25)24(18)12-10-14-4-2-1-3-5-14/h1-9,17H,10-13H2. The largest absolute Gasteiger partial charge is 0.465 e. The number of aromatic nitrogens is 3. The first-order chi connectivity index (χ1) is 13.2. The smallest absolute Gasteiger partial charge is 0.319 e. The Morgan fingerprint density at radius 2 is 1.89 bits per heavy atom. The molecule has 138 valence electrons. The molecule has 0 aliphatic carbocycles. The van der Waals surface area contributed by atoms with E-state index in [1.807, 2.05) is 42.5 Å². The molecule has 1 saturated heterocycles. The number of aryl methyl sites for hydroxylation is 1. The quantitative estimate of drug-likeness (QED) is 0.529. The third-order valence-electron chi connectivity index (χ3n) is 4.42. The van der Waals surface area contributed by atoms with Crippen molar-refractivity contribution in [1.82, 2.24) is 14.8 Å². The molecule has 4 rings (SSSR count). The average Bonchev–Trinajstić information content (AvgIpc) is 3.28. The zero-order chi connectivity index (χ0) is 18.6. The molecule has 1 aromatic heterocycles. The molecule has 0 saturated carbocycles. The van der Waals surface area contributed by atoms with Crippen LogP contribution in [0.15, 0.2) is 64.2 Å². The van der Waals surface area contributed by atoms with Crippen molar-refractivity contribution < 1.29 is 9.53 Å². The monoisotopic (exact) mass is 443 g/mol. The van der Waals surface area contributed by atoms with Gasteiger partial charge in [-0.1, -0.05) is 70.2 Å². The molecule has 5 nitrogen and oxygen atoms in total. The first-order valence-corrected chi connectivity index (χ1v) is 10.4. The van der Waals surface area contributed by atoms with Crippen LogP contribution in [0.25, 0.3) is 11.4 Å². The van der Waals surface area contributed by atoms with E-state index < -0.39 is 0 Å². The summed E-state index contributed by atoms with van der Waals surface area (Å²) in [6, 6.07) is 18.4. The van der Waals surface area contributed by atoms with E-state index in [0.717, 1.165) is 34.0 Å². The molecule has 0 radical (unpaired) electrons. The summed E-state index contributed by atoms with van der Waals surface area (Å²) in [4.78, 5) is 11.9. The summed E-state index contributed by atoms with van der Waals surface area (Å²) < 4.78 is 8.21. The van der Waals surface area contributed by atoms with Crippen molar-refractivity contribution in [2.75, 3.05) is 6.61 Å². The van der Waals surface area contributed by atoms with Crippen molar-refractivity contribution in [3.63, 3.8) is 0 Å². The fraction of sp³-hybridized carbons (Fsp3) is 0.250. The highest BCUT2D eigenvalue weighted by atomic mass is 79.9. The minimum atomic E-state index is -0.206. The van der Waals surface area contributed by atoms with Gasteiger partial charge in [0.2, 0.25) is 0 Å². The minimum Gasteiger partial charge on any atom is -0.465 e. The molecular formula is C20H18BrN3O2S. The highest BCUT2D eigenvalue weighted by Gasteiger charge is 2.30. The van der Waals surface area contributed by atoms with Gasteiger partial charge in [-0.25, -0.2) is 0 Å². The second kappa shape index (κ2) is 8.27. The van der Waals surface area contributed by atoms with E-state index in [-0.39, 0.29) is 11.2 Å². The number of hydrogen-bond acceptors (Lipinski definition) is 5. The number of esters is 1. The van der Waals surface area contributed by atoms with E-state index in [1.54, 1.807) is 0 Å². The number of thioether (sulfide) groups is 1. The minimum absolute atomic E-state index is 0.164. The van der Waals surface area contributed by atoms with Gasteiger partial charge in [-0.3, -0.25) is 4.79 Å². The summed E-state index contributed by atoms with van der Waals surface area (Å²) in [7, 11) is 0. The van der Waals surface area contributed by atoms with E-state index >= 15 is 0 Å². The normalized spacial score (nSPS) is 16.5. The number of carbonyl (C=O) groups excluding carboxylic acids is 1. The van der Waals surface area contributed by atoms with Gasteiger partial charge in [0.25, 0.3) is 0 Å². The van der Waals surface area contributed by atoms with Gasteiger partial charge in [0.1, 0.15) is 5.25 Å². The zero-order valence-corrected chi connectivity index (χ0v) is 16.9. The Morgan fingerprint density at radius 3 is 2.59 bits per heavy atom. The van der Waals surface area contributed by atoms with Gasteiger partial charge in [-0.2, -0.15) is 0 Å². The zero-order valence-electron chi connectivity index (χ0n) is 14.5. The van der Waals surface area contributed by atoms with Crippen LogP contribution in [0.3, 0.4) is 0 Å². The van der Waals surface area contributed by atoms with Gasteiger partial charge in [0.05, 0.1) is 6.61 Å². The van der Waals surface area contributed by atoms with Gasteiger partial charge >= 0.3 is 5.97 Å². The number of benzene rings is 2. The average molecular weight is 444 g/mol. The molecular weight excluding hydrogens is 426 g/mol. The highest BCUT2D eigenvalue weighted by Crippen LogP contribution is 2.31. The first-order valence-electron chi connectivity index (χ1n) is 8.77. The number of nitrogens with zero attached hydrogens (tertiary/aromatic N) is 3. The van der Waals surface area contributed by atoms with Crippen molar-refractivity contribution in [2.24, 2.45) is 0 Å². The molecule has 3 aromatic rings. The lowest BCUT2D eigenvalue weighted by atomic mass is 10.1. The Morgan fingerprint density at radius 1 is 1.11 bits per heavy atom. The van der Waals surface area contributed by atoms with Crippen LogP contribution in [-0.4, -0.2) is 32.6 Å². The summed E-state index contributed by atoms with van der Waals surface area (Å²) in [5.74, 6) is 0.648. The Kier molecular flexibility index (Phi) is 5.59. The summed E-state index contributed by atoms with van der Waals surface area (Å²) >= 11 is 4.91. The number of carbonyl (C=O) groups is 1. The lowest BCUT2D eigenvalue weighted by Gasteiger charge is -2.12. The molecule has 7 heteroatoms. The lowest BCUT2D eigenvalue weighted by Crippen LogP contribution is -2.12. The molecule has 0 amide bonds. The number of ether oxygens (including phenoxy) is 1. The third-order valence-corrected chi connectivity index (χ3v) is 6.18. The number of hydrogen-bond donors (Lipinski definition) is 0. The molecule has 27 heavy (non-hydrogen) atoms. The molecule has 1 atom stereocenters. The molecule has 1 aliphatic heterocycles. The predicted octanol–water partition coefficient (Wildman–Crippen LogP) is 4.36. The van der Waals surface area contributed by atoms with Crippen molar-refractivity contribution >= 4 is 33.7 Å². The molecule has 2 heterocycles. The maximum absolute atomic E-state index is 11.9. The SMILES string of the molecule is O=C1OCCC1Sc1nnc(-c2ccc(Br)cc2)n1CCc1ccccc1. The van der Waals surface area contributed by atoms with Gasteiger partial charge in [0, 0.05) is 23.0 Å². The molecule has 0 spiro atoms. The van der Waals surface area contributed by atoms with Crippen LogP contribution in [0, 0.1) is 0 Å². The number of cyclic esters (lactones) is 1. The first kappa shape index (κ1) is 18.3. The second-order valence-electron chi connectivity index (χ2n) is 6.26. The Hall–Kier alpha value is -2.12. The van der Waals surface area contributed by atoms with Crippen LogP contribution in [0.4, 0.5) is 0 Å². The van der Waals surface area contributed by atoms with E-state index in [1.165, 1.54) is 17.3 Å². The Labute approximate surface area is 170 Å². The maximum atomic E-state index is 11.9. The molecule has 1 unspecified atom stereocenters. The second-order valence-corrected chi connectivity index (χ2v) is 8.35. The summed E-state index contributed by atoms with van der Waals surface area (Å²) in [5.41, 5.74) is 2.25. The topological polar surface area (TPSA) is 57.0 Å². The summed E-state index contributed by atoms with van der Waals surface area (Å²) in [6.07, 6.45) is 1.58. The van der Waals surface area contributed by atoms with Crippen LogP contribution in [0.1, 0.15) is 12.0 Å². The van der Waals surface area contributed by atoms with E-state index in [2.05, 4.69) is 42.8 Å². The van der Waals surface area contributed by atoms with Gasteiger partial charge in [-0.05, 0) is 24.1 Å².